The van der Waals surface area contributed by atoms with Crippen LogP contribution in [0.1, 0.15) is 36.8 Å². The molecule has 8 nitrogen and oxygen atoms in total. The lowest BCUT2D eigenvalue weighted by Crippen LogP contribution is -2.41. The van der Waals surface area contributed by atoms with Crippen LogP contribution in [0.2, 0.25) is 0 Å². The first-order valence-corrected chi connectivity index (χ1v) is 9.42. The largest absolute Gasteiger partial charge is 0.468 e. The van der Waals surface area contributed by atoms with E-state index in [0.717, 1.165) is 36.8 Å². The Morgan fingerprint density at radius 2 is 2.00 bits per heavy atom. The third-order valence-electron chi connectivity index (χ3n) is 5.41. The highest BCUT2D eigenvalue weighted by Gasteiger charge is 2.47. The zero-order valence-electron chi connectivity index (χ0n) is 16.3. The molecular formula is C20H27N3O5. The smallest absolute Gasteiger partial charge is 0.411 e. The molecule has 1 amide bonds. The summed E-state index contributed by atoms with van der Waals surface area (Å²) in [7, 11) is 2.97. The number of hydrogen-bond donors (Lipinski definition) is 1. The number of amides is 1. The molecular weight excluding hydrogens is 362 g/mol. The Hall–Kier alpha value is -2.61. The lowest BCUT2D eigenvalue weighted by atomic mass is 9.83. The Labute approximate surface area is 164 Å². The van der Waals surface area contributed by atoms with Crippen LogP contribution in [0.25, 0.3) is 0 Å². The standard InChI is InChI=1S/C20H27N3O5/c1-22-18(21)15-5-3-14(4-6-15)12-27-16-7-9-20(10-8-16)13-23(19(25)28-20)11-17(24)26-2/h3-6,16H,7-13H2,1-2H3,(H2,21,22). The molecule has 0 atom stereocenters. The van der Waals surface area contributed by atoms with E-state index in [2.05, 4.69) is 9.73 Å². The number of nitrogens with zero attached hydrogens (tertiary/aromatic N) is 2. The molecule has 1 spiro atoms. The molecule has 2 aliphatic rings. The number of rotatable bonds is 6. The van der Waals surface area contributed by atoms with Gasteiger partial charge in [-0.3, -0.25) is 14.7 Å². The molecule has 0 unspecified atom stereocenters. The number of hydrogen-bond acceptors (Lipinski definition) is 6. The van der Waals surface area contributed by atoms with Crippen LogP contribution in [-0.4, -0.2) is 61.8 Å². The molecule has 0 bridgehead atoms. The third kappa shape index (κ3) is 4.62. The molecule has 1 aliphatic carbocycles. The minimum atomic E-state index is -0.510. The van der Waals surface area contributed by atoms with E-state index in [1.807, 2.05) is 24.3 Å². The van der Waals surface area contributed by atoms with E-state index < -0.39 is 17.7 Å². The molecule has 3 rings (SSSR count). The van der Waals surface area contributed by atoms with E-state index in [9.17, 15) is 9.59 Å². The third-order valence-corrected chi connectivity index (χ3v) is 5.41. The molecule has 28 heavy (non-hydrogen) atoms. The molecule has 0 radical (unpaired) electrons. The number of ether oxygens (including phenoxy) is 3. The number of carbonyl (C=O) groups excluding carboxylic acids is 2. The Morgan fingerprint density at radius 3 is 2.61 bits per heavy atom. The molecule has 1 saturated carbocycles. The molecule has 2 fully saturated rings. The van der Waals surface area contributed by atoms with Crippen molar-refractivity contribution in [2.75, 3.05) is 27.2 Å². The van der Waals surface area contributed by atoms with Crippen molar-refractivity contribution in [1.29, 1.82) is 0 Å². The first-order chi connectivity index (χ1) is 13.4. The SMILES string of the molecule is CN=C(N)c1ccc(COC2CCC3(CC2)CN(CC(=O)OC)C(=O)O3)cc1. The van der Waals surface area contributed by atoms with E-state index in [0.29, 0.717) is 19.0 Å². The molecule has 1 heterocycles. The average Bonchev–Trinajstić information content (AvgIpc) is 3.01. The number of methoxy groups -OCH3 is 1. The maximum absolute atomic E-state index is 12.0. The van der Waals surface area contributed by atoms with Crippen molar-refractivity contribution in [2.45, 2.75) is 44.0 Å². The summed E-state index contributed by atoms with van der Waals surface area (Å²) in [5, 5.41) is 0. The lowest BCUT2D eigenvalue weighted by molar-refractivity contribution is -0.141. The Morgan fingerprint density at radius 1 is 1.32 bits per heavy atom. The molecule has 1 aromatic carbocycles. The predicted molar refractivity (Wildman–Crippen MR) is 103 cm³/mol. The van der Waals surface area contributed by atoms with Crippen LogP contribution >= 0.6 is 0 Å². The molecule has 152 valence electrons. The van der Waals surface area contributed by atoms with Gasteiger partial charge >= 0.3 is 12.1 Å². The van der Waals surface area contributed by atoms with Gasteiger partial charge in [-0.2, -0.15) is 0 Å². The maximum atomic E-state index is 12.0. The fourth-order valence-electron chi connectivity index (χ4n) is 3.69. The van der Waals surface area contributed by atoms with Gasteiger partial charge in [0.15, 0.2) is 0 Å². The van der Waals surface area contributed by atoms with Crippen molar-refractivity contribution < 1.29 is 23.8 Å². The van der Waals surface area contributed by atoms with Gasteiger partial charge in [0.1, 0.15) is 18.0 Å². The van der Waals surface area contributed by atoms with Gasteiger partial charge in [0.25, 0.3) is 0 Å². The maximum Gasteiger partial charge on any atom is 0.411 e. The Kier molecular flexibility index (Phi) is 6.18. The first-order valence-electron chi connectivity index (χ1n) is 9.42. The van der Waals surface area contributed by atoms with E-state index in [1.54, 1.807) is 7.05 Å². The fraction of sp³-hybridized carbons (Fsp3) is 0.550. The zero-order chi connectivity index (χ0) is 20.1. The van der Waals surface area contributed by atoms with Gasteiger partial charge in [-0.15, -0.1) is 0 Å². The van der Waals surface area contributed by atoms with E-state index >= 15 is 0 Å². The number of amidine groups is 1. The molecule has 0 aromatic heterocycles. The van der Waals surface area contributed by atoms with Gasteiger partial charge in [-0.25, -0.2) is 4.79 Å². The quantitative estimate of drug-likeness (QED) is 0.452. The second kappa shape index (κ2) is 8.60. The molecule has 2 N–H and O–H groups in total. The van der Waals surface area contributed by atoms with Gasteiger partial charge in [0.2, 0.25) is 0 Å². The predicted octanol–water partition coefficient (Wildman–Crippen LogP) is 1.84. The highest BCUT2D eigenvalue weighted by molar-refractivity contribution is 5.97. The van der Waals surface area contributed by atoms with Gasteiger partial charge in [-0.05, 0) is 31.2 Å². The number of aliphatic imine (C=N–C) groups is 1. The van der Waals surface area contributed by atoms with E-state index in [1.165, 1.54) is 12.0 Å². The number of benzene rings is 1. The van der Waals surface area contributed by atoms with Crippen LogP contribution in [-0.2, 0) is 25.6 Å². The summed E-state index contributed by atoms with van der Waals surface area (Å²) in [6.07, 6.45) is 2.76. The van der Waals surface area contributed by atoms with Crippen molar-refractivity contribution in [1.82, 2.24) is 4.90 Å². The van der Waals surface area contributed by atoms with Crippen molar-refractivity contribution in [2.24, 2.45) is 10.7 Å². The molecule has 1 saturated heterocycles. The summed E-state index contributed by atoms with van der Waals surface area (Å²) >= 11 is 0. The molecule has 1 aromatic rings. The van der Waals surface area contributed by atoms with Crippen LogP contribution in [0.3, 0.4) is 0 Å². The number of carbonyl (C=O) groups is 2. The van der Waals surface area contributed by atoms with Crippen molar-refractivity contribution >= 4 is 17.9 Å². The monoisotopic (exact) mass is 389 g/mol. The molecule has 8 heteroatoms. The summed E-state index contributed by atoms with van der Waals surface area (Å²) in [5.41, 5.74) is 7.26. The Balaban J connectivity index is 1.47. The average molecular weight is 389 g/mol. The second-order valence-corrected chi connectivity index (χ2v) is 7.30. The van der Waals surface area contributed by atoms with Crippen molar-refractivity contribution in [3.05, 3.63) is 35.4 Å². The zero-order valence-corrected chi connectivity index (χ0v) is 16.3. The van der Waals surface area contributed by atoms with E-state index in [-0.39, 0.29) is 12.6 Å². The fourth-order valence-corrected chi connectivity index (χ4v) is 3.69. The van der Waals surface area contributed by atoms with Crippen molar-refractivity contribution in [3.63, 3.8) is 0 Å². The van der Waals surface area contributed by atoms with E-state index in [4.69, 9.17) is 15.2 Å². The minimum absolute atomic E-state index is 0.0692. The summed E-state index contributed by atoms with van der Waals surface area (Å²) in [6.45, 7) is 0.880. The topological polar surface area (TPSA) is 103 Å². The number of esters is 1. The summed E-state index contributed by atoms with van der Waals surface area (Å²) in [6, 6.07) is 7.85. The number of nitrogens with two attached hydrogens (primary N) is 1. The van der Waals surface area contributed by atoms with Crippen molar-refractivity contribution in [3.8, 4) is 0 Å². The Bertz CT molecular complexity index is 739. The highest BCUT2D eigenvalue weighted by Crippen LogP contribution is 2.38. The lowest BCUT2D eigenvalue weighted by Gasteiger charge is -2.35. The summed E-state index contributed by atoms with van der Waals surface area (Å²) < 4.78 is 16.3. The van der Waals surface area contributed by atoms with Crippen LogP contribution in [0.15, 0.2) is 29.3 Å². The van der Waals surface area contributed by atoms with Gasteiger partial charge in [0.05, 0.1) is 26.4 Å². The molecule has 1 aliphatic heterocycles. The first kappa shape index (κ1) is 20.1. The van der Waals surface area contributed by atoms with Crippen LogP contribution in [0, 0.1) is 0 Å². The second-order valence-electron chi connectivity index (χ2n) is 7.30. The van der Waals surface area contributed by atoms with Crippen LogP contribution in [0.5, 0.6) is 0 Å². The summed E-state index contributed by atoms with van der Waals surface area (Å²) in [5.74, 6) is 0.0707. The normalized spacial score (nSPS) is 25.1. The summed E-state index contributed by atoms with van der Waals surface area (Å²) in [4.78, 5) is 28.9. The minimum Gasteiger partial charge on any atom is -0.468 e. The van der Waals surface area contributed by atoms with Gasteiger partial charge in [-0.1, -0.05) is 24.3 Å². The van der Waals surface area contributed by atoms with Crippen LogP contribution < -0.4 is 5.73 Å². The van der Waals surface area contributed by atoms with Gasteiger partial charge in [0, 0.05) is 12.6 Å². The van der Waals surface area contributed by atoms with Gasteiger partial charge < -0.3 is 19.9 Å². The highest BCUT2D eigenvalue weighted by atomic mass is 16.6. The van der Waals surface area contributed by atoms with Crippen LogP contribution in [0.4, 0.5) is 4.79 Å².